The molecule has 0 saturated heterocycles. The summed E-state index contributed by atoms with van der Waals surface area (Å²) in [5.41, 5.74) is 1.59. The van der Waals surface area contributed by atoms with E-state index in [-0.39, 0.29) is 13.0 Å². The minimum Gasteiger partial charge on any atom is -0.469 e. The molecule has 1 rings (SSSR count). The molecule has 0 saturated carbocycles. The lowest BCUT2D eigenvalue weighted by Crippen LogP contribution is -2.33. The van der Waals surface area contributed by atoms with Crippen molar-refractivity contribution in [2.75, 3.05) is 20.2 Å². The quantitative estimate of drug-likeness (QED) is 0.752. The highest BCUT2D eigenvalue weighted by atomic mass is 32.2. The fourth-order valence-corrected chi connectivity index (χ4v) is 3.65. The van der Waals surface area contributed by atoms with Crippen LogP contribution in [-0.4, -0.2) is 38.9 Å². The highest BCUT2D eigenvalue weighted by Crippen LogP contribution is 2.21. The molecule has 0 atom stereocenters. The molecule has 0 aromatic heterocycles. The summed E-state index contributed by atoms with van der Waals surface area (Å²) in [7, 11) is -2.29. The molecule has 0 bridgehead atoms. The average molecular weight is 299 g/mol. The zero-order chi connectivity index (χ0) is 15.3. The van der Waals surface area contributed by atoms with Gasteiger partial charge in [0.1, 0.15) is 0 Å². The molecule has 1 aromatic carbocycles. The lowest BCUT2D eigenvalue weighted by atomic mass is 10.2. The van der Waals surface area contributed by atoms with Gasteiger partial charge in [-0.2, -0.15) is 4.31 Å². The Morgan fingerprint density at radius 3 is 2.50 bits per heavy atom. The number of sulfonamides is 1. The number of carbonyl (C=O) groups excluding carboxylic acids is 1. The van der Waals surface area contributed by atoms with Crippen LogP contribution in [0.4, 0.5) is 0 Å². The molecule has 5 nitrogen and oxygen atoms in total. The zero-order valence-electron chi connectivity index (χ0n) is 12.3. The van der Waals surface area contributed by atoms with Gasteiger partial charge in [0.2, 0.25) is 10.0 Å². The summed E-state index contributed by atoms with van der Waals surface area (Å²) in [6.45, 7) is 5.80. The Bertz CT molecular complexity index is 581. The SMILES string of the molecule is CCN(CCC(=O)OC)S(=O)(=O)c1cc(C)ccc1C. The van der Waals surface area contributed by atoms with Crippen LogP contribution in [0.1, 0.15) is 24.5 Å². The summed E-state index contributed by atoms with van der Waals surface area (Å²) >= 11 is 0. The van der Waals surface area contributed by atoms with Crippen molar-refractivity contribution in [1.29, 1.82) is 0 Å². The van der Waals surface area contributed by atoms with Gasteiger partial charge >= 0.3 is 5.97 Å². The van der Waals surface area contributed by atoms with Gasteiger partial charge in [-0.25, -0.2) is 8.42 Å². The number of aryl methyl sites for hydroxylation is 2. The molecule has 0 spiro atoms. The van der Waals surface area contributed by atoms with E-state index in [2.05, 4.69) is 4.74 Å². The van der Waals surface area contributed by atoms with Crippen molar-refractivity contribution in [3.63, 3.8) is 0 Å². The third-order valence-corrected chi connectivity index (χ3v) is 5.22. The second-order valence-corrected chi connectivity index (χ2v) is 6.50. The molecular weight excluding hydrogens is 278 g/mol. The summed E-state index contributed by atoms with van der Waals surface area (Å²) < 4.78 is 31.1. The fourth-order valence-electron chi connectivity index (χ4n) is 1.89. The van der Waals surface area contributed by atoms with Crippen molar-refractivity contribution in [1.82, 2.24) is 4.31 Å². The molecule has 6 heteroatoms. The first kappa shape index (κ1) is 16.7. The van der Waals surface area contributed by atoms with Crippen LogP contribution in [0.2, 0.25) is 0 Å². The molecule has 112 valence electrons. The Kier molecular flexibility index (Phi) is 5.71. The zero-order valence-corrected chi connectivity index (χ0v) is 13.2. The number of ether oxygens (including phenoxy) is 1. The standard InChI is InChI=1S/C14H21NO4S/c1-5-15(9-8-14(16)19-4)20(17,18)13-10-11(2)6-7-12(13)3/h6-7,10H,5,8-9H2,1-4H3. The number of nitrogens with zero attached hydrogens (tertiary/aromatic N) is 1. The highest BCUT2D eigenvalue weighted by molar-refractivity contribution is 7.89. The Morgan fingerprint density at radius 2 is 1.95 bits per heavy atom. The maximum absolute atomic E-state index is 12.6. The van der Waals surface area contributed by atoms with Gasteiger partial charge in [0.05, 0.1) is 18.4 Å². The summed E-state index contributed by atoms with van der Waals surface area (Å²) in [4.78, 5) is 11.5. The number of methoxy groups -OCH3 is 1. The molecule has 0 N–H and O–H groups in total. The monoisotopic (exact) mass is 299 g/mol. The van der Waals surface area contributed by atoms with E-state index >= 15 is 0 Å². The van der Waals surface area contributed by atoms with Gasteiger partial charge in [-0.05, 0) is 31.0 Å². The molecule has 1 aromatic rings. The first-order valence-electron chi connectivity index (χ1n) is 6.47. The van der Waals surface area contributed by atoms with Gasteiger partial charge in [0.25, 0.3) is 0 Å². The average Bonchev–Trinajstić information content (AvgIpc) is 2.41. The topological polar surface area (TPSA) is 63.7 Å². The van der Waals surface area contributed by atoms with Crippen LogP contribution in [0.15, 0.2) is 23.1 Å². The van der Waals surface area contributed by atoms with Crippen molar-refractivity contribution >= 4 is 16.0 Å². The lowest BCUT2D eigenvalue weighted by molar-refractivity contribution is -0.140. The molecule has 0 radical (unpaired) electrons. The Morgan fingerprint density at radius 1 is 1.30 bits per heavy atom. The normalized spacial score (nSPS) is 11.7. The molecule has 0 amide bonds. The number of rotatable bonds is 6. The predicted octanol–water partition coefficient (Wildman–Crippen LogP) is 1.88. The van der Waals surface area contributed by atoms with E-state index in [4.69, 9.17) is 0 Å². The number of esters is 1. The van der Waals surface area contributed by atoms with Crippen molar-refractivity contribution in [3.05, 3.63) is 29.3 Å². The van der Waals surface area contributed by atoms with Crippen LogP contribution in [0.5, 0.6) is 0 Å². The van der Waals surface area contributed by atoms with Gasteiger partial charge < -0.3 is 4.74 Å². The fraction of sp³-hybridized carbons (Fsp3) is 0.500. The molecule has 0 aliphatic carbocycles. The van der Waals surface area contributed by atoms with E-state index in [9.17, 15) is 13.2 Å². The van der Waals surface area contributed by atoms with Crippen molar-refractivity contribution in [2.24, 2.45) is 0 Å². The highest BCUT2D eigenvalue weighted by Gasteiger charge is 2.25. The van der Waals surface area contributed by atoms with Crippen molar-refractivity contribution < 1.29 is 17.9 Å². The van der Waals surface area contributed by atoms with E-state index in [1.165, 1.54) is 11.4 Å². The first-order valence-corrected chi connectivity index (χ1v) is 7.91. The van der Waals surface area contributed by atoms with Crippen LogP contribution in [0.3, 0.4) is 0 Å². The second kappa shape index (κ2) is 6.85. The van der Waals surface area contributed by atoms with Crippen LogP contribution >= 0.6 is 0 Å². The van der Waals surface area contributed by atoms with Gasteiger partial charge in [0.15, 0.2) is 0 Å². The molecule has 0 heterocycles. The number of benzene rings is 1. The van der Waals surface area contributed by atoms with Gasteiger partial charge in [-0.1, -0.05) is 19.1 Å². The Balaban J connectivity index is 3.06. The van der Waals surface area contributed by atoms with E-state index < -0.39 is 16.0 Å². The van der Waals surface area contributed by atoms with Gasteiger partial charge in [0, 0.05) is 13.1 Å². The van der Waals surface area contributed by atoms with E-state index in [1.54, 1.807) is 26.0 Å². The van der Waals surface area contributed by atoms with Gasteiger partial charge in [-0.3, -0.25) is 4.79 Å². The van der Waals surface area contributed by atoms with Crippen LogP contribution < -0.4 is 0 Å². The Hall–Kier alpha value is -1.40. The molecule has 0 aliphatic rings. The number of hydrogen-bond acceptors (Lipinski definition) is 4. The minimum atomic E-state index is -3.58. The largest absolute Gasteiger partial charge is 0.469 e. The lowest BCUT2D eigenvalue weighted by Gasteiger charge is -2.21. The maximum atomic E-state index is 12.6. The third-order valence-electron chi connectivity index (χ3n) is 3.11. The predicted molar refractivity (Wildman–Crippen MR) is 77.0 cm³/mol. The molecular formula is C14H21NO4S. The third kappa shape index (κ3) is 3.80. The van der Waals surface area contributed by atoms with Gasteiger partial charge in [-0.15, -0.1) is 0 Å². The van der Waals surface area contributed by atoms with Crippen molar-refractivity contribution in [3.8, 4) is 0 Å². The van der Waals surface area contributed by atoms with E-state index in [1.807, 2.05) is 13.0 Å². The molecule has 20 heavy (non-hydrogen) atoms. The van der Waals surface area contributed by atoms with Crippen LogP contribution in [-0.2, 0) is 19.6 Å². The first-order chi connectivity index (χ1) is 9.32. The second-order valence-electron chi connectivity index (χ2n) is 4.59. The maximum Gasteiger partial charge on any atom is 0.306 e. The van der Waals surface area contributed by atoms with Crippen molar-refractivity contribution in [2.45, 2.75) is 32.1 Å². The smallest absolute Gasteiger partial charge is 0.306 e. The molecule has 0 fully saturated rings. The summed E-state index contributed by atoms with van der Waals surface area (Å²) in [6.07, 6.45) is 0.0500. The molecule has 0 unspecified atom stereocenters. The summed E-state index contributed by atoms with van der Waals surface area (Å²) in [5.74, 6) is -0.417. The van der Waals surface area contributed by atoms with E-state index in [0.29, 0.717) is 17.0 Å². The summed E-state index contributed by atoms with van der Waals surface area (Å²) in [5, 5.41) is 0. The van der Waals surface area contributed by atoms with Crippen LogP contribution in [0, 0.1) is 13.8 Å². The number of carbonyl (C=O) groups is 1. The minimum absolute atomic E-state index is 0.0500. The number of hydrogen-bond donors (Lipinski definition) is 0. The summed E-state index contributed by atoms with van der Waals surface area (Å²) in [6, 6.07) is 5.32. The van der Waals surface area contributed by atoms with E-state index in [0.717, 1.165) is 5.56 Å². The Labute approximate surface area is 120 Å². The molecule has 0 aliphatic heterocycles. The van der Waals surface area contributed by atoms with Crippen LogP contribution in [0.25, 0.3) is 0 Å².